The summed E-state index contributed by atoms with van der Waals surface area (Å²) in [5.41, 5.74) is 0. The van der Waals surface area contributed by atoms with Crippen LogP contribution in [0.15, 0.2) is 45.0 Å². The van der Waals surface area contributed by atoms with Crippen LogP contribution in [-0.4, -0.2) is 38.9 Å². The van der Waals surface area contributed by atoms with Gasteiger partial charge in [-0.2, -0.15) is 0 Å². The molecule has 0 saturated heterocycles. The zero-order valence-electron chi connectivity index (χ0n) is 13.7. The van der Waals surface area contributed by atoms with E-state index in [1.807, 2.05) is 0 Å². The van der Waals surface area contributed by atoms with E-state index in [0.29, 0.717) is 12.1 Å². The molecule has 0 saturated carbocycles. The van der Waals surface area contributed by atoms with Gasteiger partial charge in [-0.1, -0.05) is 12.1 Å². The first-order valence-electron chi connectivity index (χ1n) is 5.26. The molecule has 0 spiro atoms. The Labute approximate surface area is 222 Å². The number of rotatable bonds is 3. The van der Waals surface area contributed by atoms with E-state index in [1.165, 1.54) is 0 Å². The Hall–Kier alpha value is 1.72. The molecule has 16 heteroatoms. The van der Waals surface area contributed by atoms with Crippen LogP contribution in [0.3, 0.4) is 0 Å². The van der Waals surface area contributed by atoms with E-state index in [9.17, 15) is 38.9 Å². The first-order chi connectivity index (χ1) is 9.82. The molecule has 0 radical (unpaired) electrons. The molecular formula is C10H6ClNa3O9S3. The molecule has 0 aliphatic heterocycles. The van der Waals surface area contributed by atoms with Gasteiger partial charge < -0.3 is 13.7 Å². The van der Waals surface area contributed by atoms with Crippen molar-refractivity contribution in [2.75, 3.05) is 0 Å². The molecule has 0 aliphatic rings. The van der Waals surface area contributed by atoms with Gasteiger partial charge >= 0.3 is 88.7 Å². The smallest absolute Gasteiger partial charge is 0.744 e. The van der Waals surface area contributed by atoms with Crippen molar-refractivity contribution in [1.82, 2.24) is 0 Å². The molecular weight excluding hydrogens is 465 g/mol. The normalized spacial score (nSPS) is 11.3. The van der Waals surface area contributed by atoms with Crippen LogP contribution in [0.5, 0.6) is 0 Å². The molecule has 0 aliphatic carbocycles. The molecule has 0 bridgehead atoms. The van der Waals surface area contributed by atoms with Crippen LogP contribution in [0.1, 0.15) is 0 Å². The summed E-state index contributed by atoms with van der Waals surface area (Å²) in [6, 6.07) is 3.68. The molecule has 2 aromatic rings. The minimum atomic E-state index is -5.22. The van der Waals surface area contributed by atoms with Crippen LogP contribution >= 0.6 is 12.4 Å². The third-order valence-electron chi connectivity index (χ3n) is 2.72. The van der Waals surface area contributed by atoms with Crippen LogP contribution in [0, 0.1) is 0 Å². The van der Waals surface area contributed by atoms with Gasteiger partial charge in [0.1, 0.15) is 30.4 Å². The summed E-state index contributed by atoms with van der Waals surface area (Å²) in [7, 11) is -15.5. The van der Waals surface area contributed by atoms with Crippen LogP contribution < -0.4 is 88.7 Å². The third kappa shape index (κ3) is 7.52. The SMILES string of the molecule is Cl.O=S(=O)([O-])c1cc(S(=O)(=O)[O-])c2cccc(S(=O)(=O)[O-])c2c1.[Na+].[Na+].[Na+]. The molecule has 128 valence electrons. The van der Waals surface area contributed by atoms with Gasteiger partial charge in [0.05, 0.1) is 14.7 Å². The van der Waals surface area contributed by atoms with Gasteiger partial charge in [-0.05, 0) is 18.2 Å². The van der Waals surface area contributed by atoms with Gasteiger partial charge in [0.25, 0.3) is 0 Å². The van der Waals surface area contributed by atoms with E-state index < -0.39 is 55.8 Å². The van der Waals surface area contributed by atoms with Crippen LogP contribution in [0.25, 0.3) is 10.8 Å². The molecule has 9 nitrogen and oxygen atoms in total. The average Bonchev–Trinajstić information content (AvgIpc) is 2.33. The molecule has 2 aromatic carbocycles. The summed E-state index contributed by atoms with van der Waals surface area (Å²) in [5.74, 6) is 0. The fourth-order valence-corrected chi connectivity index (χ4v) is 3.87. The second kappa shape index (κ2) is 11.2. The summed E-state index contributed by atoms with van der Waals surface area (Å²) in [6.07, 6.45) is 0. The second-order valence-electron chi connectivity index (χ2n) is 4.14. The van der Waals surface area contributed by atoms with E-state index in [1.54, 1.807) is 0 Å². The first-order valence-corrected chi connectivity index (χ1v) is 9.49. The Bertz CT molecular complexity index is 1100. The maximum absolute atomic E-state index is 11.2. The third-order valence-corrected chi connectivity index (χ3v) is 5.30. The van der Waals surface area contributed by atoms with E-state index in [-0.39, 0.29) is 101 Å². The minimum Gasteiger partial charge on any atom is -0.744 e. The predicted molar refractivity (Wildman–Crippen MR) is 75.1 cm³/mol. The van der Waals surface area contributed by atoms with Crippen molar-refractivity contribution in [3.63, 3.8) is 0 Å². The Kier molecular flexibility index (Phi) is 14.0. The van der Waals surface area contributed by atoms with Crippen molar-refractivity contribution in [3.8, 4) is 0 Å². The van der Waals surface area contributed by atoms with Crippen molar-refractivity contribution in [3.05, 3.63) is 30.3 Å². The fourth-order valence-electron chi connectivity index (χ4n) is 1.87. The zero-order chi connectivity index (χ0) is 16.9. The van der Waals surface area contributed by atoms with Crippen LogP contribution in [-0.2, 0) is 30.4 Å². The van der Waals surface area contributed by atoms with Crippen LogP contribution in [0.4, 0.5) is 0 Å². The molecule has 0 amide bonds. The first kappa shape index (κ1) is 32.4. The molecule has 26 heavy (non-hydrogen) atoms. The molecule has 2 rings (SSSR count). The maximum Gasteiger partial charge on any atom is 1.00 e. The predicted octanol–water partition coefficient (Wildman–Crippen LogP) is -9.01. The van der Waals surface area contributed by atoms with E-state index >= 15 is 0 Å². The Morgan fingerprint density at radius 3 is 1.46 bits per heavy atom. The molecule has 0 aromatic heterocycles. The summed E-state index contributed by atoms with van der Waals surface area (Å²) < 4.78 is 100. The summed E-state index contributed by atoms with van der Waals surface area (Å²) in [4.78, 5) is -3.18. The van der Waals surface area contributed by atoms with Crippen molar-refractivity contribution < 1.29 is 128 Å². The van der Waals surface area contributed by atoms with Crippen LogP contribution in [0.2, 0.25) is 0 Å². The van der Waals surface area contributed by atoms with Crippen molar-refractivity contribution in [2.24, 2.45) is 0 Å². The summed E-state index contributed by atoms with van der Waals surface area (Å²) in [5, 5.41) is -1.11. The standard InChI is InChI=1S/C10H8O9S3.ClH.3Na/c11-20(12,13)6-4-8-7(10(5-6)22(17,18)19)2-1-3-9(8)21(14,15)16;;;;/h1-5H,(H,11,12,13)(H,14,15,16)(H,17,18,19);1H;;;/q;;3*+1/p-3. The number of hydrogen-bond donors (Lipinski definition) is 0. The van der Waals surface area contributed by atoms with Crippen molar-refractivity contribution in [1.29, 1.82) is 0 Å². The van der Waals surface area contributed by atoms with E-state index in [0.717, 1.165) is 18.2 Å². The molecule has 0 atom stereocenters. The molecule has 0 fully saturated rings. The van der Waals surface area contributed by atoms with Crippen molar-refractivity contribution >= 4 is 53.5 Å². The Morgan fingerprint density at radius 1 is 0.615 bits per heavy atom. The van der Waals surface area contributed by atoms with Gasteiger partial charge in [-0.3, -0.25) is 0 Å². The number of hydrogen-bond acceptors (Lipinski definition) is 9. The van der Waals surface area contributed by atoms with Gasteiger partial charge in [-0.25, -0.2) is 25.3 Å². The topological polar surface area (TPSA) is 172 Å². The quantitative estimate of drug-likeness (QED) is 0.312. The number of halogens is 1. The zero-order valence-corrected chi connectivity index (χ0v) is 23.0. The van der Waals surface area contributed by atoms with Gasteiger partial charge in [0, 0.05) is 10.8 Å². The Morgan fingerprint density at radius 2 is 1.08 bits per heavy atom. The van der Waals surface area contributed by atoms with Gasteiger partial charge in [0.2, 0.25) is 0 Å². The van der Waals surface area contributed by atoms with E-state index in [4.69, 9.17) is 0 Å². The maximum atomic E-state index is 11.2. The Balaban J connectivity index is -0.00000132. The van der Waals surface area contributed by atoms with Gasteiger partial charge in [0.15, 0.2) is 0 Å². The minimum absolute atomic E-state index is 0. The number of fused-ring (bicyclic) bond motifs is 1. The van der Waals surface area contributed by atoms with Gasteiger partial charge in [-0.15, -0.1) is 12.4 Å². The number of benzene rings is 2. The van der Waals surface area contributed by atoms with E-state index in [2.05, 4.69) is 0 Å². The monoisotopic (exact) mass is 470 g/mol. The molecule has 0 unspecified atom stereocenters. The summed E-state index contributed by atoms with van der Waals surface area (Å²) in [6.45, 7) is 0. The summed E-state index contributed by atoms with van der Waals surface area (Å²) >= 11 is 0. The molecule has 0 N–H and O–H groups in total. The second-order valence-corrected chi connectivity index (χ2v) is 8.21. The van der Waals surface area contributed by atoms with Crippen molar-refractivity contribution in [2.45, 2.75) is 14.7 Å². The average molecular weight is 471 g/mol. The fraction of sp³-hybridized carbons (Fsp3) is 0. The molecule has 0 heterocycles. The largest absolute Gasteiger partial charge is 1.00 e.